The van der Waals surface area contributed by atoms with Crippen molar-refractivity contribution in [2.75, 3.05) is 10.0 Å². The standard InChI is InChI=1S/C76H50N4Se/c1-50-63-44-55(51-20-8-2-9-21-51)34-40-71(63)79(60-30-18-7-19-31-60)80(72-41-35-56(45-64(50)72)52-22-10-3-11-23-52)62-37-43-74-66(49-62)65-48-61(36-42-73(65)81-74)78-70-39-33-58(54-26-14-5-15-27-54)47-68(70)75-67-46-57(53-24-12-4-13-25-53)32-38-69(67)77(76(75)78)59-28-16-6-17-29-59/h2-49H,1H2. The van der Waals surface area contributed by atoms with Crippen molar-refractivity contribution in [3.63, 3.8) is 0 Å². The van der Waals surface area contributed by atoms with Crippen molar-refractivity contribution in [2.24, 2.45) is 0 Å². The van der Waals surface area contributed by atoms with Gasteiger partial charge in [0.05, 0.1) is 0 Å². The van der Waals surface area contributed by atoms with Crippen LogP contribution in [0.3, 0.4) is 0 Å². The summed E-state index contributed by atoms with van der Waals surface area (Å²) in [7, 11) is 0. The molecule has 0 saturated carbocycles. The number of nitrogens with zero attached hydrogens (tertiary/aromatic N) is 4. The first-order chi connectivity index (χ1) is 40.1. The summed E-state index contributed by atoms with van der Waals surface area (Å²) in [5.41, 5.74) is 22.5. The van der Waals surface area contributed by atoms with E-state index in [4.69, 9.17) is 6.58 Å². The van der Waals surface area contributed by atoms with Gasteiger partial charge in [0.2, 0.25) is 0 Å². The molecule has 380 valence electrons. The van der Waals surface area contributed by atoms with Gasteiger partial charge in [-0.1, -0.05) is 48.5 Å². The molecule has 0 unspecified atom stereocenters. The number of hydrogen-bond donors (Lipinski definition) is 0. The second kappa shape index (κ2) is 19.0. The molecule has 0 bridgehead atoms. The quantitative estimate of drug-likeness (QED) is 0.141. The van der Waals surface area contributed by atoms with Crippen LogP contribution in [-0.4, -0.2) is 23.6 Å². The van der Waals surface area contributed by atoms with E-state index in [0.29, 0.717) is 0 Å². The first-order valence-electron chi connectivity index (χ1n) is 27.6. The van der Waals surface area contributed by atoms with Gasteiger partial charge in [0.25, 0.3) is 0 Å². The number of fused-ring (bicyclic) bond motifs is 10. The minimum atomic E-state index is 0.0995. The van der Waals surface area contributed by atoms with E-state index in [1.807, 2.05) is 0 Å². The van der Waals surface area contributed by atoms with Crippen LogP contribution in [0.4, 0.5) is 22.7 Å². The predicted molar refractivity (Wildman–Crippen MR) is 343 cm³/mol. The zero-order chi connectivity index (χ0) is 53.5. The zero-order valence-corrected chi connectivity index (χ0v) is 45.8. The molecule has 1 aliphatic rings. The van der Waals surface area contributed by atoms with Crippen LogP contribution in [0.25, 0.3) is 114 Å². The van der Waals surface area contributed by atoms with Gasteiger partial charge in [-0.25, -0.2) is 0 Å². The van der Waals surface area contributed by atoms with Crippen molar-refractivity contribution in [3.05, 3.63) is 309 Å². The molecule has 3 aromatic heterocycles. The van der Waals surface area contributed by atoms with Crippen molar-refractivity contribution in [1.82, 2.24) is 9.13 Å². The number of anilines is 4. The Morgan fingerprint density at radius 1 is 0.272 bits per heavy atom. The Balaban J connectivity index is 0.941. The first kappa shape index (κ1) is 46.9. The van der Waals surface area contributed by atoms with Crippen LogP contribution in [0.2, 0.25) is 0 Å². The average Bonchev–Trinajstić information content (AvgIpc) is 4.29. The molecule has 81 heavy (non-hydrogen) atoms. The van der Waals surface area contributed by atoms with Gasteiger partial charge in [0, 0.05) is 0 Å². The third kappa shape index (κ3) is 7.74. The fourth-order valence-corrected chi connectivity index (χ4v) is 14.8. The molecule has 0 N–H and O–H groups in total. The summed E-state index contributed by atoms with van der Waals surface area (Å²) in [5.74, 6) is 0. The molecule has 4 heterocycles. The second-order valence-electron chi connectivity index (χ2n) is 21.0. The van der Waals surface area contributed by atoms with Crippen LogP contribution >= 0.6 is 0 Å². The first-order valence-corrected chi connectivity index (χ1v) is 29.3. The van der Waals surface area contributed by atoms with Crippen LogP contribution in [0.15, 0.2) is 298 Å². The van der Waals surface area contributed by atoms with E-state index in [2.05, 4.69) is 310 Å². The summed E-state index contributed by atoms with van der Waals surface area (Å²) in [4.78, 5) is 0. The van der Waals surface area contributed by atoms with E-state index >= 15 is 0 Å². The summed E-state index contributed by atoms with van der Waals surface area (Å²) in [6, 6.07) is 107. The Kier molecular flexibility index (Phi) is 11.0. The molecule has 4 nitrogen and oxygen atoms in total. The van der Waals surface area contributed by atoms with Gasteiger partial charge < -0.3 is 0 Å². The molecular weight excluding hydrogens is 1050 g/mol. The molecular formula is C76H50N4Se. The zero-order valence-electron chi connectivity index (χ0n) is 44.1. The van der Waals surface area contributed by atoms with E-state index in [0.717, 1.165) is 73.1 Å². The van der Waals surface area contributed by atoms with Crippen LogP contribution in [0.1, 0.15) is 11.1 Å². The number of aromatic nitrogens is 2. The van der Waals surface area contributed by atoms with E-state index in [1.165, 1.54) is 74.3 Å². The molecule has 0 amide bonds. The number of hydrazine groups is 1. The van der Waals surface area contributed by atoms with Gasteiger partial charge in [-0.3, -0.25) is 0 Å². The van der Waals surface area contributed by atoms with Crippen molar-refractivity contribution in [1.29, 1.82) is 0 Å². The Morgan fingerprint density at radius 2 is 0.642 bits per heavy atom. The van der Waals surface area contributed by atoms with Gasteiger partial charge in [0.15, 0.2) is 0 Å². The topological polar surface area (TPSA) is 16.3 Å². The molecule has 16 rings (SSSR count). The Bertz CT molecular complexity index is 4930. The van der Waals surface area contributed by atoms with E-state index in [1.54, 1.807) is 0 Å². The van der Waals surface area contributed by atoms with Crippen LogP contribution in [0.5, 0.6) is 0 Å². The molecule has 15 aromatic rings. The second-order valence-corrected chi connectivity index (χ2v) is 23.3. The summed E-state index contributed by atoms with van der Waals surface area (Å²) in [6.45, 7) is 4.97. The van der Waals surface area contributed by atoms with E-state index in [9.17, 15) is 0 Å². The van der Waals surface area contributed by atoms with Crippen LogP contribution in [0, 0.1) is 0 Å². The van der Waals surface area contributed by atoms with Crippen molar-refractivity contribution in [3.8, 4) is 55.9 Å². The third-order valence-electron chi connectivity index (χ3n) is 16.3. The van der Waals surface area contributed by atoms with Gasteiger partial charge in [-0.15, -0.1) is 0 Å². The minimum absolute atomic E-state index is 0.0995. The molecule has 12 aromatic carbocycles. The van der Waals surface area contributed by atoms with Gasteiger partial charge in [-0.05, 0) is 0 Å². The number of benzene rings is 12. The average molecular weight is 1100 g/mol. The predicted octanol–water partition coefficient (Wildman–Crippen LogP) is 20.0. The van der Waals surface area contributed by atoms with Gasteiger partial charge in [-0.2, -0.15) is 0 Å². The summed E-state index contributed by atoms with van der Waals surface area (Å²) < 4.78 is 7.77. The van der Waals surface area contributed by atoms with Crippen molar-refractivity contribution in [2.45, 2.75) is 0 Å². The van der Waals surface area contributed by atoms with Gasteiger partial charge >= 0.3 is 430 Å². The number of para-hydroxylation sites is 2. The third-order valence-corrected chi connectivity index (χ3v) is 18.8. The maximum absolute atomic E-state index is 4.97. The fourth-order valence-electron chi connectivity index (χ4n) is 12.5. The normalized spacial score (nSPS) is 12.4. The fraction of sp³-hybridized carbons (Fsp3) is 0. The maximum atomic E-state index is 4.97. The summed E-state index contributed by atoms with van der Waals surface area (Å²) in [6.07, 6.45) is 0. The molecule has 0 aliphatic carbocycles. The Morgan fingerprint density at radius 3 is 1.11 bits per heavy atom. The summed E-state index contributed by atoms with van der Waals surface area (Å²) >= 11 is 0.0995. The molecule has 5 heteroatoms. The monoisotopic (exact) mass is 1100 g/mol. The Labute approximate surface area is 475 Å². The van der Waals surface area contributed by atoms with Crippen LogP contribution in [-0.2, 0) is 0 Å². The van der Waals surface area contributed by atoms with Crippen molar-refractivity contribution < 1.29 is 0 Å². The molecule has 1 aliphatic heterocycles. The Hall–Kier alpha value is -10.2. The molecule has 0 radical (unpaired) electrons. The van der Waals surface area contributed by atoms with Gasteiger partial charge in [0.1, 0.15) is 0 Å². The SMILES string of the molecule is C=C1c2cc(-c3ccccc3)ccc2N(c2ccccc2)N(c2ccc3[se]c4ccc(-n5c6ccc(-c7ccccc7)cc6c6c7cc(-c8ccccc8)ccc7n(-c7ccccc7)c65)cc4c3c2)c2ccc(-c3ccccc3)cc21. The molecule has 0 atom stereocenters. The number of rotatable bonds is 8. The van der Waals surface area contributed by atoms with E-state index < -0.39 is 0 Å². The molecule has 0 saturated heterocycles. The number of hydrogen-bond acceptors (Lipinski definition) is 2. The van der Waals surface area contributed by atoms with E-state index in [-0.39, 0.29) is 14.5 Å². The summed E-state index contributed by atoms with van der Waals surface area (Å²) in [5, 5.41) is 11.0. The van der Waals surface area contributed by atoms with Crippen molar-refractivity contribution >= 4 is 95.0 Å². The molecule has 0 spiro atoms. The molecule has 0 fully saturated rings. The van der Waals surface area contributed by atoms with Crippen LogP contribution < -0.4 is 10.0 Å².